The van der Waals surface area contributed by atoms with Crippen LogP contribution in [0.25, 0.3) is 0 Å². The molecule has 7 nitrogen and oxygen atoms in total. The predicted molar refractivity (Wildman–Crippen MR) is 114 cm³/mol. The molecule has 30 heavy (non-hydrogen) atoms. The molecule has 8 heteroatoms. The minimum atomic E-state index is -0.944. The fourth-order valence-electron chi connectivity index (χ4n) is 4.38. The number of nitrogens with zero attached hydrogens (tertiary/aromatic N) is 3. The third kappa shape index (κ3) is 3.46. The number of hydrogen-bond acceptors (Lipinski definition) is 6. The fraction of sp³-hybridized carbons (Fsp3) is 0.409. The number of hydrogen-bond donors (Lipinski definition) is 3. The first-order valence-electron chi connectivity index (χ1n) is 10.2. The normalized spacial score (nSPS) is 23.4. The lowest BCUT2D eigenvalue weighted by molar-refractivity contribution is -0.127. The summed E-state index contributed by atoms with van der Waals surface area (Å²) in [7, 11) is 0. The van der Waals surface area contributed by atoms with Crippen molar-refractivity contribution in [3.63, 3.8) is 0 Å². The SMILES string of the molecule is CCNc1cc(F)cc2c1NC(=O)C2(C)N1CCC[C@@H](Nc2ccc(C#N)cn2)C1. The molecule has 4 rings (SSSR count). The molecule has 0 radical (unpaired) electrons. The zero-order valence-electron chi connectivity index (χ0n) is 17.1. The van der Waals surface area contributed by atoms with Crippen molar-refractivity contribution in [1.82, 2.24) is 9.88 Å². The summed E-state index contributed by atoms with van der Waals surface area (Å²) in [6, 6.07) is 8.55. The average Bonchev–Trinajstić information content (AvgIpc) is 3.01. The van der Waals surface area contributed by atoms with E-state index in [9.17, 15) is 9.18 Å². The Hall–Kier alpha value is -3.18. The minimum Gasteiger partial charge on any atom is -0.384 e. The van der Waals surface area contributed by atoms with E-state index in [0.717, 1.165) is 19.4 Å². The van der Waals surface area contributed by atoms with Crippen LogP contribution in [0.5, 0.6) is 0 Å². The topological polar surface area (TPSA) is 93.1 Å². The van der Waals surface area contributed by atoms with Gasteiger partial charge in [-0.15, -0.1) is 0 Å². The van der Waals surface area contributed by atoms with Gasteiger partial charge in [0.25, 0.3) is 0 Å². The molecule has 1 amide bonds. The van der Waals surface area contributed by atoms with Crippen LogP contribution in [-0.2, 0) is 10.3 Å². The van der Waals surface area contributed by atoms with Crippen LogP contribution in [0.2, 0.25) is 0 Å². The molecule has 1 aromatic heterocycles. The standard InChI is InChI=1S/C22H25FN6O/c1-3-25-18-10-15(23)9-17-20(18)28-21(30)22(17,2)29-8-4-5-16(13-29)27-19-7-6-14(11-24)12-26-19/h6-7,9-10,12,16,25H,3-5,8,13H2,1-2H3,(H,26,27)(H,28,30)/t16-,22?/m1/s1. The number of rotatable bonds is 5. The van der Waals surface area contributed by atoms with E-state index >= 15 is 0 Å². The Labute approximate surface area is 175 Å². The molecule has 0 bridgehead atoms. The predicted octanol–water partition coefficient (Wildman–Crippen LogP) is 3.27. The summed E-state index contributed by atoms with van der Waals surface area (Å²) in [5.74, 6) is 0.197. The van der Waals surface area contributed by atoms with Crippen molar-refractivity contribution in [2.75, 3.05) is 35.6 Å². The first-order chi connectivity index (χ1) is 14.5. The number of anilines is 3. The van der Waals surface area contributed by atoms with E-state index in [4.69, 9.17) is 5.26 Å². The number of aromatic nitrogens is 1. The number of nitriles is 1. The summed E-state index contributed by atoms with van der Waals surface area (Å²) in [6.45, 7) is 5.81. The molecule has 2 aliphatic rings. The van der Waals surface area contributed by atoms with Crippen molar-refractivity contribution >= 4 is 23.1 Å². The lowest BCUT2D eigenvalue weighted by Crippen LogP contribution is -2.55. The summed E-state index contributed by atoms with van der Waals surface area (Å²) in [5.41, 5.74) is 1.50. The van der Waals surface area contributed by atoms with Crippen molar-refractivity contribution in [3.05, 3.63) is 47.4 Å². The maximum absolute atomic E-state index is 14.4. The molecule has 2 atom stereocenters. The lowest BCUT2D eigenvalue weighted by Gasteiger charge is -2.42. The summed E-state index contributed by atoms with van der Waals surface area (Å²) < 4.78 is 14.4. The number of halogens is 1. The molecule has 2 aliphatic heterocycles. The van der Waals surface area contributed by atoms with Gasteiger partial charge in [-0.05, 0) is 57.5 Å². The fourth-order valence-corrected chi connectivity index (χ4v) is 4.38. The Morgan fingerprint density at radius 1 is 1.43 bits per heavy atom. The van der Waals surface area contributed by atoms with Gasteiger partial charge in [-0.3, -0.25) is 9.69 Å². The van der Waals surface area contributed by atoms with Crippen LogP contribution in [-0.4, -0.2) is 41.5 Å². The van der Waals surface area contributed by atoms with Crippen molar-refractivity contribution in [2.24, 2.45) is 0 Å². The number of pyridine rings is 1. The lowest BCUT2D eigenvalue weighted by atomic mass is 9.88. The second kappa shape index (κ2) is 7.92. The molecule has 0 spiro atoms. The van der Waals surface area contributed by atoms with E-state index in [1.54, 1.807) is 12.1 Å². The Morgan fingerprint density at radius 2 is 2.27 bits per heavy atom. The van der Waals surface area contributed by atoms with E-state index < -0.39 is 5.54 Å². The molecular weight excluding hydrogens is 383 g/mol. The van der Waals surface area contributed by atoms with Gasteiger partial charge in [0.1, 0.15) is 23.2 Å². The summed E-state index contributed by atoms with van der Waals surface area (Å²) in [6.07, 6.45) is 3.38. The van der Waals surface area contributed by atoms with Crippen LogP contribution in [0.3, 0.4) is 0 Å². The summed E-state index contributed by atoms with van der Waals surface area (Å²) in [4.78, 5) is 19.5. The van der Waals surface area contributed by atoms with E-state index in [-0.39, 0.29) is 17.8 Å². The van der Waals surface area contributed by atoms with Crippen molar-refractivity contribution in [1.29, 1.82) is 5.26 Å². The highest BCUT2D eigenvalue weighted by Crippen LogP contribution is 2.45. The van der Waals surface area contributed by atoms with E-state index in [0.29, 0.717) is 41.4 Å². The van der Waals surface area contributed by atoms with Gasteiger partial charge >= 0.3 is 0 Å². The molecule has 2 aromatic rings. The van der Waals surface area contributed by atoms with Gasteiger partial charge in [0.15, 0.2) is 0 Å². The Balaban J connectivity index is 1.59. The van der Waals surface area contributed by atoms with Crippen LogP contribution in [0.4, 0.5) is 21.6 Å². The summed E-state index contributed by atoms with van der Waals surface area (Å²) in [5, 5.41) is 18.4. The Bertz CT molecular complexity index is 1000. The van der Waals surface area contributed by atoms with Crippen molar-refractivity contribution in [2.45, 2.75) is 38.3 Å². The quantitative estimate of drug-likeness (QED) is 0.703. The Kier molecular flexibility index (Phi) is 5.31. The highest BCUT2D eigenvalue weighted by Gasteiger charge is 2.49. The average molecular weight is 408 g/mol. The number of carbonyl (C=O) groups is 1. The monoisotopic (exact) mass is 408 g/mol. The number of carbonyl (C=O) groups excluding carboxylic acids is 1. The molecule has 0 aliphatic carbocycles. The van der Waals surface area contributed by atoms with Gasteiger partial charge in [-0.25, -0.2) is 9.37 Å². The largest absolute Gasteiger partial charge is 0.384 e. The van der Waals surface area contributed by atoms with Gasteiger partial charge in [0.05, 0.1) is 16.9 Å². The number of piperidine rings is 1. The van der Waals surface area contributed by atoms with Crippen LogP contribution in [0, 0.1) is 17.1 Å². The molecule has 3 N–H and O–H groups in total. The smallest absolute Gasteiger partial charge is 0.249 e. The van der Waals surface area contributed by atoms with Crippen molar-refractivity contribution < 1.29 is 9.18 Å². The molecule has 156 valence electrons. The third-order valence-electron chi connectivity index (χ3n) is 5.97. The summed E-state index contributed by atoms with van der Waals surface area (Å²) >= 11 is 0. The zero-order valence-corrected chi connectivity index (χ0v) is 17.1. The number of likely N-dealkylation sites (tertiary alicyclic amines) is 1. The first-order valence-corrected chi connectivity index (χ1v) is 10.2. The number of fused-ring (bicyclic) bond motifs is 1. The highest BCUT2D eigenvalue weighted by atomic mass is 19.1. The molecular formula is C22H25FN6O. The van der Waals surface area contributed by atoms with Gasteiger partial charge in [0.2, 0.25) is 5.91 Å². The second-order valence-electron chi connectivity index (χ2n) is 7.91. The van der Waals surface area contributed by atoms with E-state index in [1.807, 2.05) is 13.8 Å². The Morgan fingerprint density at radius 3 is 2.97 bits per heavy atom. The second-order valence-corrected chi connectivity index (χ2v) is 7.91. The van der Waals surface area contributed by atoms with Crippen LogP contribution in [0.15, 0.2) is 30.5 Å². The van der Waals surface area contributed by atoms with Crippen LogP contribution in [0.1, 0.15) is 37.8 Å². The van der Waals surface area contributed by atoms with Gasteiger partial charge < -0.3 is 16.0 Å². The zero-order chi connectivity index (χ0) is 21.3. The van der Waals surface area contributed by atoms with Gasteiger partial charge in [0, 0.05) is 30.9 Å². The number of amides is 1. The van der Waals surface area contributed by atoms with E-state index in [2.05, 4.69) is 31.9 Å². The molecule has 1 aromatic carbocycles. The molecule has 0 saturated carbocycles. The minimum absolute atomic E-state index is 0.0923. The maximum Gasteiger partial charge on any atom is 0.249 e. The molecule has 1 unspecified atom stereocenters. The van der Waals surface area contributed by atoms with Crippen LogP contribution < -0.4 is 16.0 Å². The molecule has 1 fully saturated rings. The first kappa shape index (κ1) is 20.1. The molecule has 1 saturated heterocycles. The third-order valence-corrected chi connectivity index (χ3v) is 5.97. The van der Waals surface area contributed by atoms with Gasteiger partial charge in [-0.1, -0.05) is 0 Å². The molecule has 3 heterocycles. The van der Waals surface area contributed by atoms with E-state index in [1.165, 1.54) is 18.3 Å². The van der Waals surface area contributed by atoms with Gasteiger partial charge in [-0.2, -0.15) is 5.26 Å². The van der Waals surface area contributed by atoms with Crippen LogP contribution >= 0.6 is 0 Å². The maximum atomic E-state index is 14.4. The highest BCUT2D eigenvalue weighted by molar-refractivity contribution is 6.08. The number of nitrogens with one attached hydrogen (secondary N) is 3. The number of benzene rings is 1. The van der Waals surface area contributed by atoms with Crippen molar-refractivity contribution in [3.8, 4) is 6.07 Å².